The second kappa shape index (κ2) is 3.31. The highest BCUT2D eigenvalue weighted by molar-refractivity contribution is 7.79. The van der Waals surface area contributed by atoms with Gasteiger partial charge >= 0.3 is 0 Å². The summed E-state index contributed by atoms with van der Waals surface area (Å²) in [5.74, 6) is 0.840. The van der Waals surface area contributed by atoms with E-state index in [1.807, 2.05) is 0 Å². The Kier molecular flexibility index (Phi) is 2.61. The molecule has 1 aromatic rings. The first kappa shape index (κ1) is 8.66. The molecule has 60 valence electrons. The fourth-order valence-electron chi connectivity index (χ4n) is 1.18. The summed E-state index contributed by atoms with van der Waals surface area (Å²) < 4.78 is 0. The second-order valence-corrected chi connectivity index (χ2v) is 3.27. The number of thiol groups is 1. The zero-order valence-electron chi connectivity index (χ0n) is 7.31. The lowest BCUT2D eigenvalue weighted by molar-refractivity contribution is 1.21. The molecule has 0 bridgehead atoms. The van der Waals surface area contributed by atoms with E-state index in [0.717, 1.165) is 5.75 Å². The monoisotopic (exact) mass is 166 g/mol. The largest absolute Gasteiger partial charge is 0.175 e. The smallest absolute Gasteiger partial charge is 0.0156 e. The van der Waals surface area contributed by atoms with Gasteiger partial charge in [0.25, 0.3) is 0 Å². The minimum absolute atomic E-state index is 0.840. The Balaban J connectivity index is 3.25. The minimum Gasteiger partial charge on any atom is -0.175 e. The summed E-state index contributed by atoms with van der Waals surface area (Å²) in [4.78, 5) is 0. The van der Waals surface area contributed by atoms with E-state index in [9.17, 15) is 0 Å². The van der Waals surface area contributed by atoms with Gasteiger partial charge in [0, 0.05) is 5.75 Å². The first-order valence-corrected chi connectivity index (χ1v) is 4.46. The molecule has 0 amide bonds. The van der Waals surface area contributed by atoms with Crippen molar-refractivity contribution in [2.24, 2.45) is 0 Å². The zero-order chi connectivity index (χ0) is 8.43. The Morgan fingerprint density at radius 3 is 2.27 bits per heavy atom. The van der Waals surface area contributed by atoms with Crippen molar-refractivity contribution >= 4 is 12.6 Å². The van der Waals surface area contributed by atoms with Gasteiger partial charge in [0.15, 0.2) is 0 Å². The van der Waals surface area contributed by atoms with E-state index in [1.54, 1.807) is 0 Å². The average Bonchev–Trinajstić information content (AvgIpc) is 2.01. The Hall–Kier alpha value is -0.430. The molecular formula is C10H14S. The average molecular weight is 166 g/mol. The summed E-state index contributed by atoms with van der Waals surface area (Å²) in [5.41, 5.74) is 5.50. The molecule has 0 aliphatic heterocycles. The summed E-state index contributed by atoms with van der Waals surface area (Å²) in [6, 6.07) is 4.32. The van der Waals surface area contributed by atoms with Gasteiger partial charge in [0.05, 0.1) is 0 Å². The molecular weight excluding hydrogens is 152 g/mol. The molecule has 0 N–H and O–H groups in total. The molecule has 0 unspecified atom stereocenters. The van der Waals surface area contributed by atoms with Gasteiger partial charge in [0.1, 0.15) is 0 Å². The fraction of sp³-hybridized carbons (Fsp3) is 0.400. The molecule has 0 fully saturated rings. The third kappa shape index (κ3) is 1.59. The van der Waals surface area contributed by atoms with Gasteiger partial charge in [-0.3, -0.25) is 0 Å². The third-order valence-electron chi connectivity index (χ3n) is 2.34. The standard InChI is InChI=1S/C10H14S/c1-7-4-5-10(6-11)9(3)8(7)2/h4-5,11H,6H2,1-3H3. The van der Waals surface area contributed by atoms with Crippen molar-refractivity contribution in [3.63, 3.8) is 0 Å². The highest BCUT2D eigenvalue weighted by atomic mass is 32.1. The number of hydrogen-bond donors (Lipinski definition) is 1. The normalized spacial score (nSPS) is 10.2. The van der Waals surface area contributed by atoms with Crippen molar-refractivity contribution in [3.05, 3.63) is 34.4 Å². The van der Waals surface area contributed by atoms with Crippen molar-refractivity contribution in [1.29, 1.82) is 0 Å². The van der Waals surface area contributed by atoms with Crippen molar-refractivity contribution in [3.8, 4) is 0 Å². The molecule has 0 heterocycles. The predicted molar refractivity (Wildman–Crippen MR) is 53.3 cm³/mol. The van der Waals surface area contributed by atoms with E-state index in [0.29, 0.717) is 0 Å². The van der Waals surface area contributed by atoms with Crippen molar-refractivity contribution in [1.82, 2.24) is 0 Å². The molecule has 0 aliphatic rings. The van der Waals surface area contributed by atoms with Gasteiger partial charge in [-0.2, -0.15) is 12.6 Å². The fourth-order valence-corrected chi connectivity index (χ4v) is 1.53. The first-order chi connectivity index (χ1) is 5.16. The van der Waals surface area contributed by atoms with E-state index in [-0.39, 0.29) is 0 Å². The Bertz CT molecular complexity index is 264. The van der Waals surface area contributed by atoms with E-state index >= 15 is 0 Å². The predicted octanol–water partition coefficient (Wildman–Crippen LogP) is 3.04. The maximum absolute atomic E-state index is 4.26. The van der Waals surface area contributed by atoms with Crippen LogP contribution in [0, 0.1) is 20.8 Å². The lowest BCUT2D eigenvalue weighted by Crippen LogP contribution is -1.91. The molecule has 0 aliphatic carbocycles. The molecule has 11 heavy (non-hydrogen) atoms. The van der Waals surface area contributed by atoms with E-state index in [1.165, 1.54) is 22.3 Å². The van der Waals surface area contributed by atoms with E-state index in [4.69, 9.17) is 0 Å². The highest BCUT2D eigenvalue weighted by Crippen LogP contribution is 2.17. The Morgan fingerprint density at radius 1 is 1.09 bits per heavy atom. The van der Waals surface area contributed by atoms with Crippen LogP contribution in [0.1, 0.15) is 22.3 Å². The lowest BCUT2D eigenvalue weighted by Gasteiger charge is -2.08. The molecule has 0 saturated carbocycles. The van der Waals surface area contributed by atoms with Crippen molar-refractivity contribution < 1.29 is 0 Å². The van der Waals surface area contributed by atoms with Gasteiger partial charge in [-0.05, 0) is 43.0 Å². The van der Waals surface area contributed by atoms with Crippen LogP contribution < -0.4 is 0 Å². The number of hydrogen-bond acceptors (Lipinski definition) is 1. The van der Waals surface area contributed by atoms with E-state index in [2.05, 4.69) is 45.5 Å². The highest BCUT2D eigenvalue weighted by Gasteiger charge is 2.00. The van der Waals surface area contributed by atoms with Crippen LogP contribution in [0.25, 0.3) is 0 Å². The number of aryl methyl sites for hydroxylation is 1. The third-order valence-corrected chi connectivity index (χ3v) is 2.68. The van der Waals surface area contributed by atoms with Crippen LogP contribution in [0.4, 0.5) is 0 Å². The van der Waals surface area contributed by atoms with Gasteiger partial charge in [-0.15, -0.1) is 0 Å². The maximum Gasteiger partial charge on any atom is 0.0156 e. The number of rotatable bonds is 1. The summed E-state index contributed by atoms with van der Waals surface area (Å²) in [7, 11) is 0. The number of benzene rings is 1. The maximum atomic E-state index is 4.26. The Morgan fingerprint density at radius 2 is 1.73 bits per heavy atom. The van der Waals surface area contributed by atoms with Crippen LogP contribution in [-0.2, 0) is 5.75 Å². The lowest BCUT2D eigenvalue weighted by atomic mass is 10.00. The van der Waals surface area contributed by atoms with Crippen LogP contribution in [0.5, 0.6) is 0 Å². The van der Waals surface area contributed by atoms with Crippen LogP contribution >= 0.6 is 12.6 Å². The second-order valence-electron chi connectivity index (χ2n) is 2.95. The summed E-state index contributed by atoms with van der Waals surface area (Å²) in [5, 5.41) is 0. The van der Waals surface area contributed by atoms with E-state index < -0.39 is 0 Å². The van der Waals surface area contributed by atoms with Crippen LogP contribution in [0.3, 0.4) is 0 Å². The molecule has 1 rings (SSSR count). The van der Waals surface area contributed by atoms with Crippen LogP contribution in [0.15, 0.2) is 12.1 Å². The van der Waals surface area contributed by atoms with Crippen LogP contribution in [-0.4, -0.2) is 0 Å². The summed E-state index contributed by atoms with van der Waals surface area (Å²) in [6.45, 7) is 6.47. The molecule has 0 atom stereocenters. The van der Waals surface area contributed by atoms with Crippen molar-refractivity contribution in [2.75, 3.05) is 0 Å². The quantitative estimate of drug-likeness (QED) is 0.609. The van der Waals surface area contributed by atoms with Gasteiger partial charge in [-0.25, -0.2) is 0 Å². The molecule has 0 aromatic heterocycles. The van der Waals surface area contributed by atoms with Crippen LogP contribution in [0.2, 0.25) is 0 Å². The first-order valence-electron chi connectivity index (χ1n) is 3.83. The Labute approximate surface area is 74.0 Å². The molecule has 0 spiro atoms. The zero-order valence-corrected chi connectivity index (χ0v) is 8.20. The summed E-state index contributed by atoms with van der Waals surface area (Å²) in [6.07, 6.45) is 0. The molecule has 1 heteroatoms. The SMILES string of the molecule is Cc1ccc(CS)c(C)c1C. The van der Waals surface area contributed by atoms with Gasteiger partial charge < -0.3 is 0 Å². The minimum atomic E-state index is 0.840. The molecule has 1 aromatic carbocycles. The van der Waals surface area contributed by atoms with Gasteiger partial charge in [0.2, 0.25) is 0 Å². The van der Waals surface area contributed by atoms with Crippen molar-refractivity contribution in [2.45, 2.75) is 26.5 Å². The summed E-state index contributed by atoms with van der Waals surface area (Å²) >= 11 is 4.26. The molecule has 0 saturated heterocycles. The molecule has 0 nitrogen and oxygen atoms in total. The topological polar surface area (TPSA) is 0 Å². The molecule has 0 radical (unpaired) electrons. The van der Waals surface area contributed by atoms with Gasteiger partial charge in [-0.1, -0.05) is 12.1 Å².